The second-order valence-electron chi connectivity index (χ2n) is 2.00. The van der Waals surface area contributed by atoms with Crippen LogP contribution >= 0.6 is 0 Å². The maximum Gasteiger partial charge on any atom is 0.435 e. The van der Waals surface area contributed by atoms with E-state index in [0.29, 0.717) is 0 Å². The number of nitro groups is 2. The van der Waals surface area contributed by atoms with Crippen LogP contribution in [0.15, 0.2) is 0 Å². The molecule has 9 heteroatoms. The monoisotopic (exact) mass is 176 g/mol. The number of hydrazine groups is 2. The Morgan fingerprint density at radius 2 is 1.42 bits per heavy atom. The average Bonchev–Trinajstić information content (AvgIpc) is 2.30. The van der Waals surface area contributed by atoms with Gasteiger partial charge in [-0.25, -0.2) is 25.0 Å². The molecule has 0 aromatic carbocycles. The van der Waals surface area contributed by atoms with Crippen molar-refractivity contribution >= 4 is 6.03 Å². The molecule has 0 aliphatic carbocycles. The first-order chi connectivity index (χ1) is 5.54. The first-order valence-electron chi connectivity index (χ1n) is 2.91. The van der Waals surface area contributed by atoms with Gasteiger partial charge in [-0.1, -0.05) is 0 Å². The second kappa shape index (κ2) is 2.60. The summed E-state index contributed by atoms with van der Waals surface area (Å²) in [6, 6.07) is -1.20. The molecule has 0 aromatic rings. The highest BCUT2D eigenvalue weighted by Gasteiger charge is 2.43. The largest absolute Gasteiger partial charge is 0.435 e. The molecule has 0 N–H and O–H groups in total. The van der Waals surface area contributed by atoms with Crippen molar-refractivity contribution in [3.63, 3.8) is 0 Å². The summed E-state index contributed by atoms with van der Waals surface area (Å²) in [4.78, 5) is 30.8. The lowest BCUT2D eigenvalue weighted by atomic mass is 10.7. The minimum absolute atomic E-state index is 0.197. The van der Waals surface area contributed by atoms with Gasteiger partial charge in [0.2, 0.25) is 0 Å². The van der Waals surface area contributed by atoms with E-state index < -0.39 is 16.1 Å². The van der Waals surface area contributed by atoms with Gasteiger partial charge in [-0.3, -0.25) is 0 Å². The number of hydrogen-bond donors (Lipinski definition) is 0. The van der Waals surface area contributed by atoms with E-state index in [1.807, 2.05) is 0 Å². The van der Waals surface area contributed by atoms with Gasteiger partial charge in [0.05, 0.1) is 0 Å². The summed E-state index contributed by atoms with van der Waals surface area (Å²) in [5.74, 6) is 0. The van der Waals surface area contributed by atoms with Crippen molar-refractivity contribution in [2.45, 2.75) is 0 Å². The van der Waals surface area contributed by atoms with Crippen LogP contribution in [0.3, 0.4) is 0 Å². The normalized spacial score (nSPS) is 16.8. The third-order valence-corrected chi connectivity index (χ3v) is 1.36. The number of carbonyl (C=O) groups is 1. The minimum atomic E-state index is -1.20. The first kappa shape index (κ1) is 8.17. The van der Waals surface area contributed by atoms with Gasteiger partial charge in [0, 0.05) is 0 Å². The maximum absolute atomic E-state index is 10.8. The Balaban J connectivity index is 2.74. The van der Waals surface area contributed by atoms with Gasteiger partial charge in [-0.15, -0.1) is 0 Å². The predicted molar refractivity (Wildman–Crippen MR) is 32.8 cm³/mol. The van der Waals surface area contributed by atoms with E-state index in [0.717, 1.165) is 0 Å². The van der Waals surface area contributed by atoms with E-state index in [-0.39, 0.29) is 23.1 Å². The molecule has 0 bridgehead atoms. The zero-order chi connectivity index (χ0) is 9.30. The minimum Gasteiger partial charge on any atom is -0.237 e. The van der Waals surface area contributed by atoms with Crippen molar-refractivity contribution in [1.29, 1.82) is 0 Å². The number of rotatable bonds is 2. The van der Waals surface area contributed by atoms with Crippen molar-refractivity contribution in [3.05, 3.63) is 20.2 Å². The average molecular weight is 176 g/mol. The molecule has 1 aliphatic rings. The highest BCUT2D eigenvalue weighted by Crippen LogP contribution is 2.07. The van der Waals surface area contributed by atoms with Crippen LogP contribution in [0.2, 0.25) is 0 Å². The summed E-state index contributed by atoms with van der Waals surface area (Å²) in [6.45, 7) is -0.514. The summed E-state index contributed by atoms with van der Waals surface area (Å²) in [7, 11) is 0. The Morgan fingerprint density at radius 1 is 1.08 bits per heavy atom. The Labute approximate surface area is 65.4 Å². The van der Waals surface area contributed by atoms with E-state index in [4.69, 9.17) is 0 Å². The van der Waals surface area contributed by atoms with Crippen molar-refractivity contribution in [2.75, 3.05) is 13.1 Å². The number of nitrogens with zero attached hydrogens (tertiary/aromatic N) is 4. The van der Waals surface area contributed by atoms with E-state index in [1.54, 1.807) is 0 Å². The Kier molecular flexibility index (Phi) is 1.77. The summed E-state index contributed by atoms with van der Waals surface area (Å²) >= 11 is 0. The van der Waals surface area contributed by atoms with Gasteiger partial charge in [0.25, 0.3) is 0 Å². The standard InChI is InChI=1S/C3H4N4O5/c8-3-4(6(9)10)1-2-5(3)7(11)12/h1-2H2. The smallest absolute Gasteiger partial charge is 0.237 e. The van der Waals surface area contributed by atoms with Crippen LogP contribution in [0.4, 0.5) is 4.79 Å². The highest BCUT2D eigenvalue weighted by molar-refractivity contribution is 5.73. The number of hydrogen-bond acceptors (Lipinski definition) is 5. The van der Waals surface area contributed by atoms with Gasteiger partial charge in [0.1, 0.15) is 13.1 Å². The van der Waals surface area contributed by atoms with E-state index in [1.165, 1.54) is 0 Å². The molecule has 12 heavy (non-hydrogen) atoms. The van der Waals surface area contributed by atoms with E-state index in [9.17, 15) is 25.0 Å². The molecule has 0 saturated carbocycles. The van der Waals surface area contributed by atoms with Gasteiger partial charge < -0.3 is 0 Å². The Hall–Kier alpha value is -1.93. The Bertz CT molecular complexity index is 227. The Morgan fingerprint density at radius 3 is 1.58 bits per heavy atom. The quantitative estimate of drug-likeness (QED) is 0.400. The molecule has 66 valence electrons. The van der Waals surface area contributed by atoms with Crippen LogP contribution in [-0.2, 0) is 0 Å². The van der Waals surface area contributed by atoms with Crippen LogP contribution in [0.1, 0.15) is 0 Å². The first-order valence-corrected chi connectivity index (χ1v) is 2.91. The molecule has 0 aromatic heterocycles. The van der Waals surface area contributed by atoms with Gasteiger partial charge in [-0.2, -0.15) is 0 Å². The molecule has 1 fully saturated rings. The maximum atomic E-state index is 10.8. The van der Waals surface area contributed by atoms with Gasteiger partial charge in [0.15, 0.2) is 10.1 Å². The molecule has 2 amide bonds. The van der Waals surface area contributed by atoms with Crippen LogP contribution < -0.4 is 0 Å². The number of amides is 2. The molecule has 0 spiro atoms. The predicted octanol–water partition coefficient (Wildman–Crippen LogP) is -0.893. The van der Waals surface area contributed by atoms with E-state index in [2.05, 4.69) is 0 Å². The van der Waals surface area contributed by atoms with Crippen LogP contribution in [0, 0.1) is 20.2 Å². The third-order valence-electron chi connectivity index (χ3n) is 1.36. The van der Waals surface area contributed by atoms with E-state index >= 15 is 0 Å². The third kappa shape index (κ3) is 1.11. The van der Waals surface area contributed by atoms with Crippen molar-refractivity contribution in [3.8, 4) is 0 Å². The van der Waals surface area contributed by atoms with Gasteiger partial charge >= 0.3 is 6.03 Å². The van der Waals surface area contributed by atoms with Crippen molar-refractivity contribution < 1.29 is 14.9 Å². The molecule has 1 heterocycles. The zero-order valence-corrected chi connectivity index (χ0v) is 5.74. The lowest BCUT2D eigenvalue weighted by Crippen LogP contribution is -2.38. The van der Waals surface area contributed by atoms with Gasteiger partial charge in [-0.05, 0) is 10.0 Å². The fourth-order valence-corrected chi connectivity index (χ4v) is 0.817. The molecule has 1 saturated heterocycles. The molecule has 0 atom stereocenters. The fourth-order valence-electron chi connectivity index (χ4n) is 0.817. The summed E-state index contributed by atoms with van der Waals surface area (Å²) in [5, 5.41) is 18.5. The summed E-state index contributed by atoms with van der Waals surface area (Å²) in [6.07, 6.45) is 0. The number of carbonyl (C=O) groups excluding carboxylic acids is 1. The molecule has 1 aliphatic heterocycles. The molecular weight excluding hydrogens is 172 g/mol. The zero-order valence-electron chi connectivity index (χ0n) is 5.74. The van der Waals surface area contributed by atoms with Crippen LogP contribution in [0.5, 0.6) is 0 Å². The van der Waals surface area contributed by atoms with Crippen molar-refractivity contribution in [2.24, 2.45) is 0 Å². The fraction of sp³-hybridized carbons (Fsp3) is 0.667. The molecule has 0 unspecified atom stereocenters. The van der Waals surface area contributed by atoms with Crippen LogP contribution in [-0.4, -0.2) is 39.2 Å². The molecule has 1 rings (SSSR count). The molecule has 9 nitrogen and oxygen atoms in total. The lowest BCUT2D eigenvalue weighted by Gasteiger charge is -2.02. The molecule has 0 radical (unpaired) electrons. The molecular formula is C3H4N4O5. The summed E-state index contributed by atoms with van der Waals surface area (Å²) < 4.78 is 0. The summed E-state index contributed by atoms with van der Waals surface area (Å²) in [5.41, 5.74) is 0. The second-order valence-corrected chi connectivity index (χ2v) is 2.00. The topological polar surface area (TPSA) is 110 Å². The number of urea groups is 1. The SMILES string of the molecule is O=C1N([N+](=O)[O-])CCN1[N+](=O)[O-]. The lowest BCUT2D eigenvalue weighted by molar-refractivity contribution is -0.647. The van der Waals surface area contributed by atoms with Crippen LogP contribution in [0.25, 0.3) is 0 Å². The highest BCUT2D eigenvalue weighted by atomic mass is 16.7. The van der Waals surface area contributed by atoms with Crippen molar-refractivity contribution in [1.82, 2.24) is 10.0 Å².